The maximum absolute atomic E-state index is 13.3. The minimum Gasteiger partial charge on any atom is -0.493 e. The Bertz CT molecular complexity index is 913. The molecule has 1 aliphatic rings. The van der Waals surface area contributed by atoms with Crippen molar-refractivity contribution in [2.24, 2.45) is 0 Å². The number of rotatable bonds is 5. The number of aliphatic carboxylic acids is 1. The molecule has 0 saturated carbocycles. The third-order valence-electron chi connectivity index (χ3n) is 3.90. The molecule has 2 aromatic rings. The van der Waals surface area contributed by atoms with Crippen molar-refractivity contribution in [1.82, 2.24) is 4.72 Å². The quantitative estimate of drug-likeness (QED) is 0.848. The molecule has 1 atom stereocenters. The van der Waals surface area contributed by atoms with Gasteiger partial charge in [-0.05, 0) is 18.2 Å². The highest BCUT2D eigenvalue weighted by molar-refractivity contribution is 7.89. The molecular formula is C17H16FNO5S. The summed E-state index contributed by atoms with van der Waals surface area (Å²) in [4.78, 5) is 10.8. The third kappa shape index (κ3) is 3.80. The predicted octanol–water partition coefficient (Wildman–Crippen LogP) is 2.25. The van der Waals surface area contributed by atoms with E-state index in [-0.39, 0.29) is 17.9 Å². The molecular weight excluding hydrogens is 349 g/mol. The minimum atomic E-state index is -3.92. The van der Waals surface area contributed by atoms with Crippen molar-refractivity contribution >= 4 is 16.0 Å². The number of benzene rings is 2. The minimum absolute atomic E-state index is 0.165. The van der Waals surface area contributed by atoms with Crippen LogP contribution in [0.3, 0.4) is 0 Å². The SMILES string of the molecule is O=C(O)Cc1cccc2c1OCCC2NS(=O)(=O)c1cccc(F)c1. The second-order valence-corrected chi connectivity index (χ2v) is 7.39. The van der Waals surface area contributed by atoms with Gasteiger partial charge in [-0.25, -0.2) is 17.5 Å². The maximum Gasteiger partial charge on any atom is 0.307 e. The van der Waals surface area contributed by atoms with E-state index in [4.69, 9.17) is 9.84 Å². The van der Waals surface area contributed by atoms with Crippen molar-refractivity contribution in [2.75, 3.05) is 6.61 Å². The lowest BCUT2D eigenvalue weighted by Crippen LogP contribution is -2.32. The molecule has 1 unspecified atom stereocenters. The molecule has 0 aliphatic carbocycles. The topological polar surface area (TPSA) is 92.7 Å². The molecule has 0 saturated heterocycles. The lowest BCUT2D eigenvalue weighted by molar-refractivity contribution is -0.136. The number of ether oxygens (including phenoxy) is 1. The average Bonchev–Trinajstić information content (AvgIpc) is 2.55. The number of hydrogen-bond donors (Lipinski definition) is 2. The Labute approximate surface area is 144 Å². The fraction of sp³-hybridized carbons (Fsp3) is 0.235. The summed E-state index contributed by atoms with van der Waals surface area (Å²) in [7, 11) is -3.92. The Morgan fingerprint density at radius 1 is 1.28 bits per heavy atom. The van der Waals surface area contributed by atoms with E-state index < -0.39 is 27.9 Å². The van der Waals surface area contributed by atoms with Crippen LogP contribution in [0.15, 0.2) is 47.4 Å². The van der Waals surface area contributed by atoms with Gasteiger partial charge in [0.2, 0.25) is 10.0 Å². The Kier molecular flexibility index (Phi) is 4.73. The average molecular weight is 365 g/mol. The second-order valence-electron chi connectivity index (χ2n) is 5.67. The molecule has 6 nitrogen and oxygen atoms in total. The van der Waals surface area contributed by atoms with Gasteiger partial charge in [-0.1, -0.05) is 24.3 Å². The van der Waals surface area contributed by atoms with E-state index >= 15 is 0 Å². The molecule has 0 fully saturated rings. The van der Waals surface area contributed by atoms with Crippen molar-refractivity contribution in [1.29, 1.82) is 0 Å². The molecule has 0 spiro atoms. The standard InChI is InChI=1S/C17H16FNO5S/c18-12-4-2-5-13(10-12)25(22,23)19-15-7-8-24-17-11(9-16(20)21)3-1-6-14(15)17/h1-6,10,15,19H,7-9H2,(H,20,21). The number of carboxylic acid groups (broad SMARTS) is 1. The van der Waals surface area contributed by atoms with Gasteiger partial charge in [0.15, 0.2) is 0 Å². The second kappa shape index (κ2) is 6.81. The van der Waals surface area contributed by atoms with Crippen LogP contribution in [-0.4, -0.2) is 26.1 Å². The number of hydrogen-bond acceptors (Lipinski definition) is 4. The molecule has 3 rings (SSSR count). The Morgan fingerprint density at radius 2 is 2.04 bits per heavy atom. The van der Waals surface area contributed by atoms with Crippen molar-refractivity contribution in [3.05, 3.63) is 59.4 Å². The fourth-order valence-electron chi connectivity index (χ4n) is 2.80. The van der Waals surface area contributed by atoms with E-state index in [1.807, 2.05) is 0 Å². The summed E-state index contributed by atoms with van der Waals surface area (Å²) in [5, 5.41) is 8.99. The van der Waals surface area contributed by atoms with Gasteiger partial charge in [-0.3, -0.25) is 4.79 Å². The molecule has 0 aromatic heterocycles. The highest BCUT2D eigenvalue weighted by Crippen LogP contribution is 2.36. The lowest BCUT2D eigenvalue weighted by Gasteiger charge is -2.28. The molecule has 8 heteroatoms. The van der Waals surface area contributed by atoms with Gasteiger partial charge < -0.3 is 9.84 Å². The first kappa shape index (κ1) is 17.4. The van der Waals surface area contributed by atoms with Gasteiger partial charge in [0.25, 0.3) is 0 Å². The first-order chi connectivity index (χ1) is 11.9. The van der Waals surface area contributed by atoms with Crippen molar-refractivity contribution < 1.29 is 27.4 Å². The molecule has 1 aliphatic heterocycles. The smallest absolute Gasteiger partial charge is 0.307 e. The van der Waals surface area contributed by atoms with Crippen molar-refractivity contribution in [2.45, 2.75) is 23.8 Å². The van der Waals surface area contributed by atoms with Crippen LogP contribution in [0.4, 0.5) is 4.39 Å². The van der Waals surface area contributed by atoms with E-state index in [1.54, 1.807) is 18.2 Å². The van der Waals surface area contributed by atoms with Crippen LogP contribution >= 0.6 is 0 Å². The Balaban J connectivity index is 1.92. The lowest BCUT2D eigenvalue weighted by atomic mass is 9.97. The summed E-state index contributed by atoms with van der Waals surface area (Å²) in [6.07, 6.45) is 0.171. The molecule has 25 heavy (non-hydrogen) atoms. The van der Waals surface area contributed by atoms with Gasteiger partial charge in [-0.15, -0.1) is 0 Å². The first-order valence-electron chi connectivity index (χ1n) is 7.61. The zero-order chi connectivity index (χ0) is 18.0. The van der Waals surface area contributed by atoms with Crippen LogP contribution in [0.2, 0.25) is 0 Å². The maximum atomic E-state index is 13.3. The van der Waals surface area contributed by atoms with Crippen molar-refractivity contribution in [3.63, 3.8) is 0 Å². The van der Waals surface area contributed by atoms with Gasteiger partial charge in [-0.2, -0.15) is 0 Å². The highest BCUT2D eigenvalue weighted by atomic mass is 32.2. The third-order valence-corrected chi connectivity index (χ3v) is 5.37. The van der Waals surface area contributed by atoms with Gasteiger partial charge in [0, 0.05) is 17.5 Å². The number of sulfonamides is 1. The van der Waals surface area contributed by atoms with E-state index in [0.717, 1.165) is 6.07 Å². The summed E-state index contributed by atoms with van der Waals surface area (Å²) in [6, 6.07) is 9.17. The molecule has 0 amide bonds. The van der Waals surface area contributed by atoms with Crippen LogP contribution in [0.1, 0.15) is 23.6 Å². The van der Waals surface area contributed by atoms with Crippen LogP contribution < -0.4 is 9.46 Å². The zero-order valence-corrected chi connectivity index (χ0v) is 13.9. The Morgan fingerprint density at radius 3 is 2.76 bits per heavy atom. The summed E-state index contributed by atoms with van der Waals surface area (Å²) in [5.41, 5.74) is 1.06. The van der Waals surface area contributed by atoms with E-state index in [9.17, 15) is 17.6 Å². The number of carboxylic acids is 1. The molecule has 2 N–H and O–H groups in total. The number of nitrogens with one attached hydrogen (secondary N) is 1. The summed E-state index contributed by atoms with van der Waals surface area (Å²) < 4.78 is 46.5. The van der Waals surface area contributed by atoms with Crippen LogP contribution in [0.5, 0.6) is 5.75 Å². The summed E-state index contributed by atoms with van der Waals surface area (Å²) in [5.74, 6) is -1.25. The molecule has 0 bridgehead atoms. The van der Waals surface area contributed by atoms with E-state index in [0.29, 0.717) is 23.3 Å². The van der Waals surface area contributed by atoms with Gasteiger partial charge in [0.1, 0.15) is 11.6 Å². The zero-order valence-electron chi connectivity index (χ0n) is 13.1. The monoisotopic (exact) mass is 365 g/mol. The largest absolute Gasteiger partial charge is 0.493 e. The number of fused-ring (bicyclic) bond motifs is 1. The first-order valence-corrected chi connectivity index (χ1v) is 9.09. The van der Waals surface area contributed by atoms with Gasteiger partial charge in [0.05, 0.1) is 24.0 Å². The fourth-order valence-corrected chi connectivity index (χ4v) is 4.08. The van der Waals surface area contributed by atoms with Crippen LogP contribution in [0.25, 0.3) is 0 Å². The number of carbonyl (C=O) groups is 1. The van der Waals surface area contributed by atoms with Crippen molar-refractivity contribution in [3.8, 4) is 5.75 Å². The molecule has 1 heterocycles. The number of para-hydroxylation sites is 1. The van der Waals surface area contributed by atoms with Crippen LogP contribution in [0, 0.1) is 5.82 Å². The van der Waals surface area contributed by atoms with E-state index in [2.05, 4.69) is 4.72 Å². The highest BCUT2D eigenvalue weighted by Gasteiger charge is 2.28. The molecule has 2 aromatic carbocycles. The summed E-state index contributed by atoms with van der Waals surface area (Å²) >= 11 is 0. The Hall–Kier alpha value is -2.45. The van der Waals surface area contributed by atoms with Gasteiger partial charge >= 0.3 is 5.97 Å². The number of halogens is 1. The molecule has 132 valence electrons. The summed E-state index contributed by atoms with van der Waals surface area (Å²) in [6.45, 7) is 0.250. The molecule has 0 radical (unpaired) electrons. The predicted molar refractivity (Wildman–Crippen MR) is 87.4 cm³/mol. The van der Waals surface area contributed by atoms with E-state index in [1.165, 1.54) is 18.2 Å². The van der Waals surface area contributed by atoms with Crippen LogP contribution in [-0.2, 0) is 21.2 Å². The normalized spacial score (nSPS) is 16.8.